The largest absolute Gasteiger partial charge is 0.379 e. The number of hydrazine groups is 1. The average Bonchev–Trinajstić information content (AvgIpc) is 2.81. The number of likely N-dealkylation sites (N-methyl/N-ethyl adjacent to an activating group) is 1. The maximum atomic E-state index is 5.33. The Labute approximate surface area is 88.4 Å². The molecule has 1 saturated heterocycles. The van der Waals surface area contributed by atoms with Crippen LogP contribution in [0.2, 0.25) is 0 Å². The molecule has 1 fully saturated rings. The van der Waals surface area contributed by atoms with Crippen LogP contribution in [0.1, 0.15) is 6.42 Å². The molecule has 2 rings (SSSR count). The van der Waals surface area contributed by atoms with E-state index in [0.29, 0.717) is 11.9 Å². The third kappa shape index (κ3) is 2.16. The van der Waals surface area contributed by atoms with Crippen molar-refractivity contribution >= 4 is 11.6 Å². The van der Waals surface area contributed by atoms with Gasteiger partial charge >= 0.3 is 0 Å². The van der Waals surface area contributed by atoms with Gasteiger partial charge in [0.05, 0.1) is 12.6 Å². The summed E-state index contributed by atoms with van der Waals surface area (Å²) in [7, 11) is 2.00. The highest BCUT2D eigenvalue weighted by atomic mass is 16.5. The number of aromatic nitrogens is 2. The fourth-order valence-electron chi connectivity index (χ4n) is 1.63. The van der Waals surface area contributed by atoms with Crippen LogP contribution in [0.25, 0.3) is 0 Å². The maximum absolute atomic E-state index is 5.33. The molecule has 0 amide bonds. The Balaban J connectivity index is 2.13. The zero-order chi connectivity index (χ0) is 10.7. The lowest BCUT2D eigenvalue weighted by Gasteiger charge is -2.24. The van der Waals surface area contributed by atoms with Gasteiger partial charge < -0.3 is 15.1 Å². The Bertz CT molecular complexity index is 326. The van der Waals surface area contributed by atoms with Gasteiger partial charge in [0.2, 0.25) is 0 Å². The Morgan fingerprint density at radius 1 is 1.60 bits per heavy atom. The van der Waals surface area contributed by atoms with Crippen molar-refractivity contribution < 1.29 is 4.74 Å². The first kappa shape index (κ1) is 10.1. The van der Waals surface area contributed by atoms with E-state index in [4.69, 9.17) is 10.6 Å². The van der Waals surface area contributed by atoms with E-state index in [2.05, 4.69) is 20.3 Å². The van der Waals surface area contributed by atoms with Crippen molar-refractivity contribution in [1.29, 1.82) is 0 Å². The smallest absolute Gasteiger partial charge is 0.145 e. The summed E-state index contributed by atoms with van der Waals surface area (Å²) in [6.45, 7) is 1.58. The van der Waals surface area contributed by atoms with E-state index < -0.39 is 0 Å². The number of nitrogens with two attached hydrogens (primary N) is 1. The summed E-state index contributed by atoms with van der Waals surface area (Å²) in [5, 5.41) is 0. The molecule has 1 aromatic rings. The van der Waals surface area contributed by atoms with Crippen molar-refractivity contribution in [2.75, 3.05) is 30.6 Å². The van der Waals surface area contributed by atoms with Crippen molar-refractivity contribution in [3.63, 3.8) is 0 Å². The Morgan fingerprint density at radius 3 is 3.13 bits per heavy atom. The fourth-order valence-corrected chi connectivity index (χ4v) is 1.63. The first-order chi connectivity index (χ1) is 7.31. The minimum atomic E-state index is 0.394. The standard InChI is InChI=1S/C9H15N5O/c1-14(7-2-3-15-5-7)9-4-8(13-10)11-6-12-9/h4,6-7H,2-3,5,10H2,1H3,(H,11,12,13). The molecule has 2 heterocycles. The quantitative estimate of drug-likeness (QED) is 0.538. The predicted molar refractivity (Wildman–Crippen MR) is 57.5 cm³/mol. The van der Waals surface area contributed by atoms with Gasteiger partial charge in [-0.3, -0.25) is 0 Å². The number of nitrogens with one attached hydrogen (secondary N) is 1. The van der Waals surface area contributed by atoms with Gasteiger partial charge in [0.25, 0.3) is 0 Å². The van der Waals surface area contributed by atoms with Crippen molar-refractivity contribution in [2.24, 2.45) is 5.84 Å². The number of rotatable bonds is 3. The molecule has 82 valence electrons. The molecule has 1 atom stereocenters. The van der Waals surface area contributed by atoms with Gasteiger partial charge in [0.15, 0.2) is 0 Å². The third-order valence-corrected chi connectivity index (χ3v) is 2.62. The van der Waals surface area contributed by atoms with Crippen LogP contribution in [0.5, 0.6) is 0 Å². The molecule has 15 heavy (non-hydrogen) atoms. The second-order valence-electron chi connectivity index (χ2n) is 3.53. The highest BCUT2D eigenvalue weighted by Gasteiger charge is 2.21. The van der Waals surface area contributed by atoms with Crippen LogP contribution in [0.4, 0.5) is 11.6 Å². The van der Waals surface area contributed by atoms with Crippen molar-refractivity contribution in [3.8, 4) is 0 Å². The number of nitrogen functional groups attached to an aromatic ring is 1. The van der Waals surface area contributed by atoms with Crippen LogP contribution in [0.15, 0.2) is 12.4 Å². The molecule has 6 nitrogen and oxygen atoms in total. The van der Waals surface area contributed by atoms with E-state index in [1.807, 2.05) is 13.1 Å². The molecular formula is C9H15N5O. The second-order valence-corrected chi connectivity index (χ2v) is 3.53. The second kappa shape index (κ2) is 4.41. The van der Waals surface area contributed by atoms with Crippen molar-refractivity contribution in [3.05, 3.63) is 12.4 Å². The van der Waals surface area contributed by atoms with Crippen LogP contribution in [-0.2, 0) is 4.74 Å². The van der Waals surface area contributed by atoms with E-state index in [-0.39, 0.29) is 0 Å². The lowest BCUT2D eigenvalue weighted by molar-refractivity contribution is 0.193. The minimum Gasteiger partial charge on any atom is -0.379 e. The molecule has 0 bridgehead atoms. The predicted octanol–water partition coefficient (Wildman–Crippen LogP) is -0.0127. The number of ether oxygens (including phenoxy) is 1. The number of hydrogen-bond donors (Lipinski definition) is 2. The highest BCUT2D eigenvalue weighted by molar-refractivity contribution is 5.47. The lowest BCUT2D eigenvalue weighted by Crippen LogP contribution is -2.32. The van der Waals surface area contributed by atoms with Crippen molar-refractivity contribution in [1.82, 2.24) is 9.97 Å². The Hall–Kier alpha value is -1.40. The molecule has 0 saturated carbocycles. The molecule has 0 spiro atoms. The van der Waals surface area contributed by atoms with Crippen LogP contribution >= 0.6 is 0 Å². The summed E-state index contributed by atoms with van der Waals surface area (Å²) in [5.74, 6) is 6.76. The van der Waals surface area contributed by atoms with Crippen molar-refractivity contribution in [2.45, 2.75) is 12.5 Å². The summed E-state index contributed by atoms with van der Waals surface area (Å²) >= 11 is 0. The van der Waals surface area contributed by atoms with Gasteiger partial charge in [0.1, 0.15) is 18.0 Å². The maximum Gasteiger partial charge on any atom is 0.145 e. The summed E-state index contributed by atoms with van der Waals surface area (Å²) < 4.78 is 5.33. The normalized spacial score (nSPS) is 20.3. The minimum absolute atomic E-state index is 0.394. The molecule has 1 aromatic heterocycles. The number of nitrogens with zero attached hydrogens (tertiary/aromatic N) is 3. The summed E-state index contributed by atoms with van der Waals surface area (Å²) in [6.07, 6.45) is 2.53. The van der Waals surface area contributed by atoms with Gasteiger partial charge in [-0.2, -0.15) is 0 Å². The topological polar surface area (TPSA) is 76.3 Å². The summed E-state index contributed by atoms with van der Waals surface area (Å²) in [6, 6.07) is 2.21. The van der Waals surface area contributed by atoms with E-state index in [1.165, 1.54) is 6.33 Å². The van der Waals surface area contributed by atoms with E-state index in [9.17, 15) is 0 Å². The van der Waals surface area contributed by atoms with Crippen LogP contribution in [-0.4, -0.2) is 36.3 Å². The fraction of sp³-hybridized carbons (Fsp3) is 0.556. The highest BCUT2D eigenvalue weighted by Crippen LogP contribution is 2.18. The SMILES string of the molecule is CN(c1cc(NN)ncn1)C1CCOC1. The number of anilines is 2. The number of hydrogen-bond acceptors (Lipinski definition) is 6. The zero-order valence-electron chi connectivity index (χ0n) is 8.68. The molecule has 0 radical (unpaired) electrons. The van der Waals surface area contributed by atoms with Gasteiger partial charge in [-0.15, -0.1) is 0 Å². The monoisotopic (exact) mass is 209 g/mol. The first-order valence-corrected chi connectivity index (χ1v) is 4.90. The van der Waals surface area contributed by atoms with E-state index in [0.717, 1.165) is 25.5 Å². The molecule has 1 aliphatic rings. The van der Waals surface area contributed by atoms with Crippen LogP contribution in [0.3, 0.4) is 0 Å². The molecule has 1 unspecified atom stereocenters. The van der Waals surface area contributed by atoms with Crippen LogP contribution < -0.4 is 16.2 Å². The third-order valence-electron chi connectivity index (χ3n) is 2.62. The summed E-state index contributed by atoms with van der Waals surface area (Å²) in [4.78, 5) is 10.3. The Kier molecular flexibility index (Phi) is 2.98. The van der Waals surface area contributed by atoms with Gasteiger partial charge in [-0.25, -0.2) is 15.8 Å². The average molecular weight is 209 g/mol. The first-order valence-electron chi connectivity index (χ1n) is 4.90. The van der Waals surface area contributed by atoms with E-state index >= 15 is 0 Å². The molecule has 0 aliphatic carbocycles. The van der Waals surface area contributed by atoms with Crippen LogP contribution in [0, 0.1) is 0 Å². The van der Waals surface area contributed by atoms with Gasteiger partial charge in [-0.1, -0.05) is 0 Å². The molecule has 1 aliphatic heterocycles. The zero-order valence-corrected chi connectivity index (χ0v) is 8.68. The van der Waals surface area contributed by atoms with E-state index in [1.54, 1.807) is 0 Å². The van der Waals surface area contributed by atoms with Gasteiger partial charge in [0, 0.05) is 19.7 Å². The molecule has 3 N–H and O–H groups in total. The molecule has 6 heteroatoms. The molecule has 0 aromatic carbocycles. The Morgan fingerprint density at radius 2 is 2.47 bits per heavy atom. The lowest BCUT2D eigenvalue weighted by atomic mass is 10.2. The van der Waals surface area contributed by atoms with Gasteiger partial charge in [-0.05, 0) is 6.42 Å². The molecular weight excluding hydrogens is 194 g/mol. The summed E-state index contributed by atoms with van der Waals surface area (Å²) in [5.41, 5.74) is 2.50.